The smallest absolute Gasteiger partial charge is 0.0988 e. The van der Waals surface area contributed by atoms with Gasteiger partial charge in [-0.3, -0.25) is 0 Å². The summed E-state index contributed by atoms with van der Waals surface area (Å²) in [5.74, 6) is 0. The number of nitrogens with one attached hydrogen (secondary N) is 1. The van der Waals surface area contributed by atoms with Crippen LogP contribution in [0.15, 0.2) is 5.38 Å². The number of rotatable bonds is 2. The Hall–Kier alpha value is -0.410. The van der Waals surface area contributed by atoms with Gasteiger partial charge >= 0.3 is 0 Å². The standard InChI is InChI=1S/C11H16N2S/c1-11(4-5-11)10-13-9(7-14-10)8-3-2-6-12-8/h7-8,12H,2-6H2,1H3/t8-/m0/s1. The van der Waals surface area contributed by atoms with Gasteiger partial charge < -0.3 is 5.32 Å². The molecule has 3 heteroatoms. The second kappa shape index (κ2) is 3.04. The van der Waals surface area contributed by atoms with Crippen LogP contribution >= 0.6 is 11.3 Å². The summed E-state index contributed by atoms with van der Waals surface area (Å²) in [6.07, 6.45) is 5.23. The molecule has 1 aromatic rings. The number of aromatic nitrogens is 1. The first-order chi connectivity index (χ1) is 6.78. The van der Waals surface area contributed by atoms with E-state index in [0.29, 0.717) is 11.5 Å². The molecule has 0 aromatic carbocycles. The lowest BCUT2D eigenvalue weighted by Gasteiger charge is -2.06. The lowest BCUT2D eigenvalue weighted by atomic mass is 10.1. The highest BCUT2D eigenvalue weighted by Gasteiger charge is 2.42. The van der Waals surface area contributed by atoms with Crippen LogP contribution in [0.3, 0.4) is 0 Å². The summed E-state index contributed by atoms with van der Waals surface area (Å²) in [6.45, 7) is 3.49. The highest BCUT2D eigenvalue weighted by molar-refractivity contribution is 7.09. The van der Waals surface area contributed by atoms with Crippen LogP contribution in [0.1, 0.15) is 49.4 Å². The van der Waals surface area contributed by atoms with E-state index in [1.165, 1.54) is 36.4 Å². The maximum absolute atomic E-state index is 4.78. The Labute approximate surface area is 88.7 Å². The van der Waals surface area contributed by atoms with Gasteiger partial charge in [-0.05, 0) is 32.2 Å². The van der Waals surface area contributed by atoms with Gasteiger partial charge in [-0.15, -0.1) is 11.3 Å². The monoisotopic (exact) mass is 208 g/mol. The Morgan fingerprint density at radius 1 is 1.57 bits per heavy atom. The van der Waals surface area contributed by atoms with Crippen molar-refractivity contribution in [3.8, 4) is 0 Å². The van der Waals surface area contributed by atoms with E-state index in [-0.39, 0.29) is 0 Å². The predicted molar refractivity (Wildman–Crippen MR) is 58.7 cm³/mol. The average molecular weight is 208 g/mol. The molecule has 1 aliphatic carbocycles. The molecule has 0 unspecified atom stereocenters. The fraction of sp³-hybridized carbons (Fsp3) is 0.727. The van der Waals surface area contributed by atoms with Crippen molar-refractivity contribution in [1.29, 1.82) is 0 Å². The van der Waals surface area contributed by atoms with Crippen molar-refractivity contribution < 1.29 is 0 Å². The van der Waals surface area contributed by atoms with Crippen LogP contribution in [0, 0.1) is 0 Å². The molecular formula is C11H16N2S. The molecule has 3 rings (SSSR count). The van der Waals surface area contributed by atoms with Crippen molar-refractivity contribution in [2.75, 3.05) is 6.54 Å². The van der Waals surface area contributed by atoms with Gasteiger partial charge in [0.25, 0.3) is 0 Å². The Morgan fingerprint density at radius 3 is 3.07 bits per heavy atom. The van der Waals surface area contributed by atoms with Crippen molar-refractivity contribution in [3.05, 3.63) is 16.1 Å². The van der Waals surface area contributed by atoms with Crippen LogP contribution in [0.5, 0.6) is 0 Å². The molecule has 76 valence electrons. The number of hydrogen-bond donors (Lipinski definition) is 1. The van der Waals surface area contributed by atoms with Gasteiger partial charge in [0, 0.05) is 10.8 Å². The summed E-state index contributed by atoms with van der Waals surface area (Å²) in [4.78, 5) is 4.78. The van der Waals surface area contributed by atoms with Crippen LogP contribution in [0.2, 0.25) is 0 Å². The molecular weight excluding hydrogens is 192 g/mol. The molecule has 2 nitrogen and oxygen atoms in total. The normalized spacial score (nSPS) is 29.4. The third kappa shape index (κ3) is 1.39. The van der Waals surface area contributed by atoms with Gasteiger partial charge in [-0.25, -0.2) is 4.98 Å². The van der Waals surface area contributed by atoms with E-state index >= 15 is 0 Å². The third-order valence-electron chi connectivity index (χ3n) is 3.46. The second-order valence-electron chi connectivity index (χ2n) is 4.79. The number of nitrogens with zero attached hydrogens (tertiary/aromatic N) is 1. The Morgan fingerprint density at radius 2 is 2.43 bits per heavy atom. The zero-order valence-electron chi connectivity index (χ0n) is 8.55. The van der Waals surface area contributed by atoms with E-state index in [1.807, 2.05) is 11.3 Å². The van der Waals surface area contributed by atoms with E-state index in [0.717, 1.165) is 6.54 Å². The summed E-state index contributed by atoms with van der Waals surface area (Å²) in [5, 5.41) is 7.12. The molecule has 1 saturated heterocycles. The molecule has 1 aromatic heterocycles. The first-order valence-corrected chi connectivity index (χ1v) is 6.35. The number of thiazole rings is 1. The molecule has 1 aliphatic heterocycles. The molecule has 1 N–H and O–H groups in total. The van der Waals surface area contributed by atoms with Crippen molar-refractivity contribution >= 4 is 11.3 Å². The topological polar surface area (TPSA) is 24.9 Å². The van der Waals surface area contributed by atoms with E-state index in [9.17, 15) is 0 Å². The molecule has 14 heavy (non-hydrogen) atoms. The average Bonchev–Trinajstić information content (AvgIpc) is 2.73. The molecule has 2 fully saturated rings. The maximum Gasteiger partial charge on any atom is 0.0988 e. The van der Waals surface area contributed by atoms with Gasteiger partial charge in [0.2, 0.25) is 0 Å². The molecule has 1 atom stereocenters. The number of hydrogen-bond acceptors (Lipinski definition) is 3. The zero-order chi connectivity index (χ0) is 9.60. The van der Waals surface area contributed by atoms with Crippen LogP contribution in [-0.2, 0) is 5.41 Å². The summed E-state index contributed by atoms with van der Waals surface area (Å²) in [7, 11) is 0. The van der Waals surface area contributed by atoms with Crippen molar-refractivity contribution in [2.24, 2.45) is 0 Å². The minimum Gasteiger partial charge on any atom is -0.309 e. The largest absolute Gasteiger partial charge is 0.309 e. The summed E-state index contributed by atoms with van der Waals surface area (Å²) in [5.41, 5.74) is 1.73. The second-order valence-corrected chi connectivity index (χ2v) is 5.65. The van der Waals surface area contributed by atoms with Gasteiger partial charge in [0.1, 0.15) is 0 Å². The fourth-order valence-corrected chi connectivity index (χ4v) is 3.16. The first kappa shape index (κ1) is 8.86. The SMILES string of the molecule is CC1(c2nc([C@@H]3CCCN3)cs2)CC1. The molecule has 2 aliphatic rings. The van der Waals surface area contributed by atoms with Gasteiger partial charge in [0.05, 0.1) is 16.7 Å². The molecule has 0 radical (unpaired) electrons. The summed E-state index contributed by atoms with van der Waals surface area (Å²) < 4.78 is 0. The molecule has 0 spiro atoms. The lowest BCUT2D eigenvalue weighted by Crippen LogP contribution is -2.13. The van der Waals surface area contributed by atoms with Crippen molar-refractivity contribution in [2.45, 2.75) is 44.1 Å². The van der Waals surface area contributed by atoms with E-state index in [4.69, 9.17) is 4.98 Å². The van der Waals surface area contributed by atoms with Gasteiger partial charge in [-0.2, -0.15) is 0 Å². The van der Waals surface area contributed by atoms with E-state index < -0.39 is 0 Å². The maximum atomic E-state index is 4.78. The van der Waals surface area contributed by atoms with Crippen molar-refractivity contribution in [3.63, 3.8) is 0 Å². The molecule has 0 amide bonds. The van der Waals surface area contributed by atoms with E-state index in [1.54, 1.807) is 0 Å². The quantitative estimate of drug-likeness (QED) is 0.808. The fourth-order valence-electron chi connectivity index (χ4n) is 2.06. The summed E-state index contributed by atoms with van der Waals surface area (Å²) >= 11 is 1.85. The first-order valence-electron chi connectivity index (χ1n) is 5.47. The van der Waals surface area contributed by atoms with Gasteiger partial charge in [-0.1, -0.05) is 6.92 Å². The molecule has 0 bridgehead atoms. The lowest BCUT2D eigenvalue weighted by molar-refractivity contribution is 0.624. The van der Waals surface area contributed by atoms with Gasteiger partial charge in [0.15, 0.2) is 0 Å². The minimum absolute atomic E-state index is 0.446. The Kier molecular flexibility index (Phi) is 1.92. The Balaban J connectivity index is 1.82. The third-order valence-corrected chi connectivity index (χ3v) is 4.62. The van der Waals surface area contributed by atoms with Crippen LogP contribution in [-0.4, -0.2) is 11.5 Å². The van der Waals surface area contributed by atoms with Crippen LogP contribution in [0.4, 0.5) is 0 Å². The van der Waals surface area contributed by atoms with E-state index in [2.05, 4.69) is 17.6 Å². The predicted octanol–water partition coefficient (Wildman–Crippen LogP) is 2.62. The molecule has 2 heterocycles. The van der Waals surface area contributed by atoms with Crippen LogP contribution < -0.4 is 5.32 Å². The van der Waals surface area contributed by atoms with Crippen LogP contribution in [0.25, 0.3) is 0 Å². The summed E-state index contributed by atoms with van der Waals surface area (Å²) in [6, 6.07) is 0.544. The highest BCUT2D eigenvalue weighted by Crippen LogP contribution is 2.49. The minimum atomic E-state index is 0.446. The highest BCUT2D eigenvalue weighted by atomic mass is 32.1. The molecule has 1 saturated carbocycles. The van der Waals surface area contributed by atoms with Crippen molar-refractivity contribution in [1.82, 2.24) is 10.3 Å². The Bertz CT molecular complexity index is 335. The zero-order valence-corrected chi connectivity index (χ0v) is 9.36.